The van der Waals surface area contributed by atoms with Crippen LogP contribution in [-0.4, -0.2) is 47.3 Å². The van der Waals surface area contributed by atoms with E-state index in [1.807, 2.05) is 13.8 Å². The van der Waals surface area contributed by atoms with Crippen LogP contribution in [0.3, 0.4) is 0 Å². The fourth-order valence-corrected chi connectivity index (χ4v) is 4.15. The number of nitrogens with zero attached hydrogens (tertiary/aromatic N) is 1. The molecule has 0 bridgehead atoms. The quantitative estimate of drug-likeness (QED) is 0.578. The van der Waals surface area contributed by atoms with Gasteiger partial charge in [0.05, 0.1) is 17.8 Å². The fourth-order valence-electron chi connectivity index (χ4n) is 4.15. The van der Waals surface area contributed by atoms with Crippen LogP contribution in [0.1, 0.15) is 32.3 Å². The zero-order valence-corrected chi connectivity index (χ0v) is 18.5. The number of alkyl halides is 3. The summed E-state index contributed by atoms with van der Waals surface area (Å²) in [5.41, 5.74) is -2.37. The second-order valence-electron chi connectivity index (χ2n) is 8.84. The summed E-state index contributed by atoms with van der Waals surface area (Å²) in [4.78, 5) is 14.3. The molecule has 1 aliphatic rings. The summed E-state index contributed by atoms with van der Waals surface area (Å²) < 4.78 is 58.8. The first-order valence-electron chi connectivity index (χ1n) is 10.8. The van der Waals surface area contributed by atoms with Crippen molar-refractivity contribution in [1.29, 1.82) is 0 Å². The largest absolute Gasteiger partial charge is 0.486 e. The highest BCUT2D eigenvalue weighted by Gasteiger charge is 2.44. The maximum Gasteiger partial charge on any atom is 0.418 e. The first-order valence-corrected chi connectivity index (χ1v) is 10.8. The van der Waals surface area contributed by atoms with Crippen molar-refractivity contribution in [2.75, 3.05) is 25.0 Å². The van der Waals surface area contributed by atoms with Crippen LogP contribution in [0.4, 0.5) is 23.2 Å². The Morgan fingerprint density at radius 1 is 1.21 bits per heavy atom. The number of aliphatic hydroxyl groups is 1. The maximum atomic E-state index is 13.2. The Hall–Kier alpha value is -2.65. The lowest BCUT2D eigenvalue weighted by atomic mass is 9.81. The predicted molar refractivity (Wildman–Crippen MR) is 116 cm³/mol. The van der Waals surface area contributed by atoms with Gasteiger partial charge in [0.1, 0.15) is 23.3 Å². The summed E-state index contributed by atoms with van der Waals surface area (Å²) in [6.07, 6.45) is -4.49. The van der Waals surface area contributed by atoms with E-state index in [-0.39, 0.29) is 24.7 Å². The molecule has 1 amide bonds. The van der Waals surface area contributed by atoms with Gasteiger partial charge in [-0.1, -0.05) is 26.0 Å². The third-order valence-corrected chi connectivity index (χ3v) is 5.61. The monoisotopic (exact) mass is 468 g/mol. The number of benzene rings is 2. The Labute approximate surface area is 190 Å². The lowest BCUT2D eigenvalue weighted by Gasteiger charge is -2.45. The number of anilines is 1. The van der Waals surface area contributed by atoms with Crippen molar-refractivity contribution in [1.82, 2.24) is 4.90 Å². The minimum Gasteiger partial charge on any atom is -0.486 e. The van der Waals surface area contributed by atoms with Crippen molar-refractivity contribution >= 4 is 11.6 Å². The molecule has 1 saturated heterocycles. The summed E-state index contributed by atoms with van der Waals surface area (Å²) in [5.74, 6) is -0.445. The zero-order chi connectivity index (χ0) is 24.2. The van der Waals surface area contributed by atoms with E-state index in [4.69, 9.17) is 4.74 Å². The molecule has 2 aromatic rings. The number of piperidine rings is 1. The Bertz CT molecular complexity index is 949. The van der Waals surface area contributed by atoms with Crippen LogP contribution in [0.5, 0.6) is 5.75 Å². The predicted octanol–water partition coefficient (Wildman–Crippen LogP) is 4.71. The van der Waals surface area contributed by atoms with Gasteiger partial charge in [0.2, 0.25) is 5.91 Å². The molecule has 33 heavy (non-hydrogen) atoms. The van der Waals surface area contributed by atoms with E-state index < -0.39 is 35.2 Å². The van der Waals surface area contributed by atoms with Gasteiger partial charge in [0.25, 0.3) is 0 Å². The summed E-state index contributed by atoms with van der Waals surface area (Å²) in [7, 11) is 0. The van der Waals surface area contributed by atoms with E-state index in [2.05, 4.69) is 5.32 Å². The fraction of sp³-hybridized carbons (Fsp3) is 0.458. The van der Waals surface area contributed by atoms with Crippen LogP contribution >= 0.6 is 0 Å². The van der Waals surface area contributed by atoms with Crippen molar-refractivity contribution in [2.45, 2.75) is 44.6 Å². The summed E-state index contributed by atoms with van der Waals surface area (Å²) in [6.45, 7) is 4.36. The van der Waals surface area contributed by atoms with Crippen molar-refractivity contribution in [3.63, 3.8) is 0 Å². The Kier molecular flexibility index (Phi) is 7.64. The Balaban J connectivity index is 1.70. The van der Waals surface area contributed by atoms with Gasteiger partial charge in [-0.25, -0.2) is 4.39 Å². The molecule has 9 heteroatoms. The molecule has 0 spiro atoms. The Morgan fingerprint density at radius 3 is 2.52 bits per heavy atom. The van der Waals surface area contributed by atoms with Crippen LogP contribution < -0.4 is 10.1 Å². The number of hydrogen-bond acceptors (Lipinski definition) is 4. The standard InChI is InChI=1S/C24H28F4N2O3/c1-16(2)13-23(32)11-12-30(14-21(23)33-18-9-7-17(25)8-10-18)15-22(31)29-20-6-4-3-5-19(20)24(26,27)28/h3-10,16,21,32H,11-15H2,1-2H3,(H,29,31)/t21-,23+/m0/s1. The second-order valence-corrected chi connectivity index (χ2v) is 8.84. The number of carbonyl (C=O) groups is 1. The molecule has 2 N–H and O–H groups in total. The average Bonchev–Trinajstić information content (AvgIpc) is 2.71. The molecule has 0 unspecified atom stereocenters. The average molecular weight is 468 g/mol. The number of nitrogens with one attached hydrogen (secondary N) is 1. The molecule has 0 aliphatic carbocycles. The highest BCUT2D eigenvalue weighted by Crippen LogP contribution is 2.35. The zero-order valence-electron chi connectivity index (χ0n) is 18.5. The molecule has 5 nitrogen and oxygen atoms in total. The molecule has 0 saturated carbocycles. The second kappa shape index (κ2) is 10.1. The molecular formula is C24H28F4N2O3. The van der Waals surface area contributed by atoms with Crippen molar-refractivity contribution < 1.29 is 32.2 Å². The summed E-state index contributed by atoms with van der Waals surface area (Å²) in [6, 6.07) is 10.2. The van der Waals surface area contributed by atoms with Gasteiger partial charge in [0, 0.05) is 13.1 Å². The minimum atomic E-state index is -4.59. The molecule has 0 radical (unpaired) electrons. The van der Waals surface area contributed by atoms with Gasteiger partial charge in [-0.2, -0.15) is 13.2 Å². The molecule has 2 aromatic carbocycles. The van der Waals surface area contributed by atoms with Crippen LogP contribution in [0.2, 0.25) is 0 Å². The number of para-hydroxylation sites is 1. The Morgan fingerprint density at radius 2 is 1.88 bits per heavy atom. The molecule has 1 fully saturated rings. The molecule has 2 atom stereocenters. The molecular weight excluding hydrogens is 440 g/mol. The van der Waals surface area contributed by atoms with Gasteiger partial charge < -0.3 is 15.2 Å². The van der Waals surface area contributed by atoms with Crippen LogP contribution in [0.25, 0.3) is 0 Å². The van der Waals surface area contributed by atoms with E-state index in [0.717, 1.165) is 6.07 Å². The van der Waals surface area contributed by atoms with Crippen LogP contribution in [0, 0.1) is 11.7 Å². The number of ether oxygens (including phenoxy) is 1. The van der Waals surface area contributed by atoms with E-state index in [0.29, 0.717) is 25.1 Å². The number of likely N-dealkylation sites (tertiary alicyclic amines) is 1. The van der Waals surface area contributed by atoms with E-state index in [9.17, 15) is 27.5 Å². The van der Waals surface area contributed by atoms with Crippen molar-refractivity contribution in [2.24, 2.45) is 5.92 Å². The number of rotatable bonds is 7. The van der Waals surface area contributed by atoms with Gasteiger partial charge in [-0.3, -0.25) is 9.69 Å². The maximum absolute atomic E-state index is 13.2. The lowest BCUT2D eigenvalue weighted by Crippen LogP contribution is -2.59. The third-order valence-electron chi connectivity index (χ3n) is 5.61. The number of hydrogen-bond donors (Lipinski definition) is 2. The van der Waals surface area contributed by atoms with Crippen LogP contribution in [0.15, 0.2) is 48.5 Å². The third kappa shape index (κ3) is 6.68. The number of amides is 1. The molecule has 1 aliphatic heterocycles. The lowest BCUT2D eigenvalue weighted by molar-refractivity contribution is -0.137. The van der Waals surface area contributed by atoms with Gasteiger partial charge in [0.15, 0.2) is 0 Å². The van der Waals surface area contributed by atoms with E-state index >= 15 is 0 Å². The number of carbonyl (C=O) groups excluding carboxylic acids is 1. The molecule has 180 valence electrons. The normalized spacial score (nSPS) is 21.8. The highest BCUT2D eigenvalue weighted by molar-refractivity contribution is 5.93. The van der Waals surface area contributed by atoms with Crippen molar-refractivity contribution in [3.05, 3.63) is 59.9 Å². The highest BCUT2D eigenvalue weighted by atomic mass is 19.4. The topological polar surface area (TPSA) is 61.8 Å². The van der Waals surface area contributed by atoms with Gasteiger partial charge >= 0.3 is 6.18 Å². The molecule has 3 rings (SSSR count). The van der Waals surface area contributed by atoms with E-state index in [1.165, 1.54) is 42.5 Å². The van der Waals surface area contributed by atoms with Gasteiger partial charge in [-0.05, 0) is 55.2 Å². The van der Waals surface area contributed by atoms with Crippen molar-refractivity contribution in [3.8, 4) is 5.75 Å². The molecule has 0 aromatic heterocycles. The number of halogens is 4. The first-order chi connectivity index (χ1) is 15.5. The van der Waals surface area contributed by atoms with E-state index in [1.54, 1.807) is 4.90 Å². The minimum absolute atomic E-state index is 0.159. The first kappa shape index (κ1) is 25.0. The summed E-state index contributed by atoms with van der Waals surface area (Å²) in [5, 5.41) is 13.6. The molecule has 1 heterocycles. The summed E-state index contributed by atoms with van der Waals surface area (Å²) >= 11 is 0. The van der Waals surface area contributed by atoms with Gasteiger partial charge in [-0.15, -0.1) is 0 Å². The SMILES string of the molecule is CC(C)C[C@]1(O)CCN(CC(=O)Nc2ccccc2C(F)(F)F)C[C@@H]1Oc1ccc(F)cc1. The van der Waals surface area contributed by atoms with Crippen LogP contribution in [-0.2, 0) is 11.0 Å². The smallest absolute Gasteiger partial charge is 0.418 e.